The first-order chi connectivity index (χ1) is 5.42. The molecule has 0 spiro atoms. The number of pyridine rings is 1. The Hall–Kier alpha value is -1.35. The molecule has 0 unspecified atom stereocenters. The predicted octanol–water partition coefficient (Wildman–Crippen LogP) is 1.06. The number of aromatic nitrogens is 2. The molecule has 3 heteroatoms. The van der Waals surface area contributed by atoms with Gasteiger partial charge in [-0.1, -0.05) is 0 Å². The van der Waals surface area contributed by atoms with Crippen molar-refractivity contribution in [3.05, 3.63) is 30.1 Å². The Morgan fingerprint density at radius 3 is 3.18 bits per heavy atom. The Morgan fingerprint density at radius 2 is 2.36 bits per heavy atom. The molecule has 0 atom stereocenters. The standard InChI is InChI=1S/C8H8N2O/c11-5-6-1-3-9-8-7(6)2-4-10-8/h1-4,11H,5H2,(H,9,10). The van der Waals surface area contributed by atoms with E-state index in [1.54, 1.807) is 6.20 Å². The van der Waals surface area contributed by atoms with Gasteiger partial charge < -0.3 is 10.1 Å². The minimum atomic E-state index is 0.0663. The Labute approximate surface area is 63.7 Å². The number of hydrogen-bond acceptors (Lipinski definition) is 2. The van der Waals surface area contributed by atoms with Crippen LogP contribution in [0.15, 0.2) is 24.5 Å². The highest BCUT2D eigenvalue weighted by molar-refractivity contribution is 5.78. The molecule has 3 nitrogen and oxygen atoms in total. The van der Waals surface area contributed by atoms with Gasteiger partial charge in [-0.2, -0.15) is 0 Å². The smallest absolute Gasteiger partial charge is 0.137 e. The van der Waals surface area contributed by atoms with Crippen molar-refractivity contribution in [1.29, 1.82) is 0 Å². The summed E-state index contributed by atoms with van der Waals surface area (Å²) in [5.74, 6) is 0. The monoisotopic (exact) mass is 148 g/mol. The van der Waals surface area contributed by atoms with Gasteiger partial charge >= 0.3 is 0 Å². The molecule has 0 aliphatic heterocycles. The molecule has 2 heterocycles. The normalized spacial score (nSPS) is 10.6. The number of fused-ring (bicyclic) bond motifs is 1. The molecule has 11 heavy (non-hydrogen) atoms. The molecular formula is C8H8N2O. The second-order valence-electron chi connectivity index (χ2n) is 2.37. The number of rotatable bonds is 1. The zero-order valence-corrected chi connectivity index (χ0v) is 5.91. The van der Waals surface area contributed by atoms with E-state index in [0.717, 1.165) is 16.6 Å². The maximum Gasteiger partial charge on any atom is 0.137 e. The van der Waals surface area contributed by atoms with Gasteiger partial charge in [0.1, 0.15) is 5.65 Å². The van der Waals surface area contributed by atoms with Crippen molar-refractivity contribution < 1.29 is 5.11 Å². The van der Waals surface area contributed by atoms with Gasteiger partial charge in [0.05, 0.1) is 6.61 Å². The summed E-state index contributed by atoms with van der Waals surface area (Å²) in [4.78, 5) is 7.06. The summed E-state index contributed by atoms with van der Waals surface area (Å²) < 4.78 is 0. The van der Waals surface area contributed by atoms with Gasteiger partial charge in [0.25, 0.3) is 0 Å². The zero-order chi connectivity index (χ0) is 7.68. The van der Waals surface area contributed by atoms with E-state index in [4.69, 9.17) is 5.11 Å². The lowest BCUT2D eigenvalue weighted by Crippen LogP contribution is -1.84. The van der Waals surface area contributed by atoms with E-state index in [0.29, 0.717) is 0 Å². The lowest BCUT2D eigenvalue weighted by Gasteiger charge is -1.95. The first-order valence-corrected chi connectivity index (χ1v) is 3.43. The maximum atomic E-state index is 8.91. The van der Waals surface area contributed by atoms with Crippen LogP contribution in [-0.2, 0) is 6.61 Å². The summed E-state index contributed by atoms with van der Waals surface area (Å²) in [7, 11) is 0. The third kappa shape index (κ3) is 0.897. The van der Waals surface area contributed by atoms with Crippen molar-refractivity contribution in [3.63, 3.8) is 0 Å². The highest BCUT2D eigenvalue weighted by Crippen LogP contribution is 2.14. The molecular weight excluding hydrogens is 140 g/mol. The van der Waals surface area contributed by atoms with Crippen molar-refractivity contribution in [2.75, 3.05) is 0 Å². The van der Waals surface area contributed by atoms with Crippen LogP contribution in [0.5, 0.6) is 0 Å². The van der Waals surface area contributed by atoms with E-state index >= 15 is 0 Å². The van der Waals surface area contributed by atoms with Gasteiger partial charge in [-0.25, -0.2) is 4.98 Å². The lowest BCUT2D eigenvalue weighted by atomic mass is 10.2. The molecule has 0 saturated heterocycles. The van der Waals surface area contributed by atoms with Gasteiger partial charge in [-0.05, 0) is 17.7 Å². The molecule has 0 aliphatic carbocycles. The second kappa shape index (κ2) is 2.36. The number of hydrogen-bond donors (Lipinski definition) is 2. The Bertz CT molecular complexity index is 367. The minimum absolute atomic E-state index is 0.0663. The fraction of sp³-hybridized carbons (Fsp3) is 0.125. The number of H-pyrrole nitrogens is 1. The number of nitrogens with one attached hydrogen (secondary N) is 1. The quantitative estimate of drug-likeness (QED) is 0.635. The molecule has 0 radical (unpaired) electrons. The number of aromatic amines is 1. The average Bonchev–Trinajstić information content (AvgIpc) is 2.50. The molecule has 2 aromatic heterocycles. The molecule has 0 amide bonds. The van der Waals surface area contributed by atoms with Crippen LogP contribution in [0.3, 0.4) is 0 Å². The first-order valence-electron chi connectivity index (χ1n) is 3.43. The van der Waals surface area contributed by atoms with E-state index in [1.807, 2.05) is 18.3 Å². The summed E-state index contributed by atoms with van der Waals surface area (Å²) in [6.45, 7) is 0.0663. The minimum Gasteiger partial charge on any atom is -0.392 e. The molecule has 0 bridgehead atoms. The SMILES string of the molecule is OCc1ccnc2[nH]ccc12. The molecule has 0 fully saturated rings. The summed E-state index contributed by atoms with van der Waals surface area (Å²) >= 11 is 0. The maximum absolute atomic E-state index is 8.91. The lowest BCUT2D eigenvalue weighted by molar-refractivity contribution is 0.283. The average molecular weight is 148 g/mol. The topological polar surface area (TPSA) is 48.9 Å². The van der Waals surface area contributed by atoms with Crippen molar-refractivity contribution in [2.24, 2.45) is 0 Å². The van der Waals surface area contributed by atoms with E-state index in [9.17, 15) is 0 Å². The zero-order valence-electron chi connectivity index (χ0n) is 5.91. The summed E-state index contributed by atoms with van der Waals surface area (Å²) in [6.07, 6.45) is 3.50. The molecule has 0 aliphatic rings. The summed E-state index contributed by atoms with van der Waals surface area (Å²) in [5, 5.41) is 9.91. The third-order valence-corrected chi connectivity index (χ3v) is 1.72. The largest absolute Gasteiger partial charge is 0.392 e. The van der Waals surface area contributed by atoms with Crippen molar-refractivity contribution in [2.45, 2.75) is 6.61 Å². The summed E-state index contributed by atoms with van der Waals surface area (Å²) in [5.41, 5.74) is 1.74. The van der Waals surface area contributed by atoms with Crippen LogP contribution >= 0.6 is 0 Å². The molecule has 0 saturated carbocycles. The predicted molar refractivity (Wildman–Crippen MR) is 42.0 cm³/mol. The van der Waals surface area contributed by atoms with Crippen LogP contribution in [0.2, 0.25) is 0 Å². The van der Waals surface area contributed by atoms with E-state index in [1.165, 1.54) is 0 Å². The molecule has 2 aromatic rings. The van der Waals surface area contributed by atoms with Crippen LogP contribution in [0.25, 0.3) is 11.0 Å². The van der Waals surface area contributed by atoms with Crippen molar-refractivity contribution >= 4 is 11.0 Å². The van der Waals surface area contributed by atoms with Crippen LogP contribution in [-0.4, -0.2) is 15.1 Å². The number of nitrogens with zero attached hydrogens (tertiary/aromatic N) is 1. The van der Waals surface area contributed by atoms with Gasteiger partial charge in [0.15, 0.2) is 0 Å². The molecule has 2 N–H and O–H groups in total. The van der Waals surface area contributed by atoms with E-state index in [2.05, 4.69) is 9.97 Å². The highest BCUT2D eigenvalue weighted by atomic mass is 16.3. The number of aliphatic hydroxyl groups is 1. The van der Waals surface area contributed by atoms with E-state index < -0.39 is 0 Å². The fourth-order valence-corrected chi connectivity index (χ4v) is 1.16. The number of aliphatic hydroxyl groups excluding tert-OH is 1. The van der Waals surface area contributed by atoms with Gasteiger partial charge in [0, 0.05) is 17.8 Å². The van der Waals surface area contributed by atoms with Crippen molar-refractivity contribution in [3.8, 4) is 0 Å². The molecule has 2 rings (SSSR count). The Balaban J connectivity index is 2.79. The fourth-order valence-electron chi connectivity index (χ4n) is 1.16. The Morgan fingerprint density at radius 1 is 1.45 bits per heavy atom. The third-order valence-electron chi connectivity index (χ3n) is 1.72. The van der Waals surface area contributed by atoms with Gasteiger partial charge in [-0.15, -0.1) is 0 Å². The van der Waals surface area contributed by atoms with Gasteiger partial charge in [-0.3, -0.25) is 0 Å². The van der Waals surface area contributed by atoms with Crippen LogP contribution in [0, 0.1) is 0 Å². The summed E-state index contributed by atoms with van der Waals surface area (Å²) in [6, 6.07) is 3.73. The molecule has 0 aromatic carbocycles. The second-order valence-corrected chi connectivity index (χ2v) is 2.37. The highest BCUT2D eigenvalue weighted by Gasteiger charge is 1.99. The van der Waals surface area contributed by atoms with Gasteiger partial charge in [0.2, 0.25) is 0 Å². The van der Waals surface area contributed by atoms with Crippen molar-refractivity contribution in [1.82, 2.24) is 9.97 Å². The molecule has 56 valence electrons. The van der Waals surface area contributed by atoms with Crippen LogP contribution in [0.4, 0.5) is 0 Å². The van der Waals surface area contributed by atoms with Crippen LogP contribution < -0.4 is 0 Å². The van der Waals surface area contributed by atoms with Crippen LogP contribution in [0.1, 0.15) is 5.56 Å². The first kappa shape index (κ1) is 6.37. The Kier molecular flexibility index (Phi) is 1.36. The van der Waals surface area contributed by atoms with E-state index in [-0.39, 0.29) is 6.61 Å².